The van der Waals surface area contributed by atoms with E-state index in [1.54, 1.807) is 7.11 Å². The molecular formula is C17H18N2O. The van der Waals surface area contributed by atoms with Crippen LogP contribution in [0.1, 0.15) is 11.3 Å². The van der Waals surface area contributed by atoms with Gasteiger partial charge in [0, 0.05) is 30.0 Å². The molecule has 0 bridgehead atoms. The number of hydrogen-bond acceptors (Lipinski definition) is 2. The lowest BCUT2D eigenvalue weighted by atomic mass is 10.1. The van der Waals surface area contributed by atoms with Gasteiger partial charge >= 0.3 is 0 Å². The fourth-order valence-electron chi connectivity index (χ4n) is 2.69. The smallest absolute Gasteiger partial charge is 0.122 e. The van der Waals surface area contributed by atoms with Gasteiger partial charge in [0.2, 0.25) is 0 Å². The summed E-state index contributed by atoms with van der Waals surface area (Å²) in [6.45, 7) is 4.82. The van der Waals surface area contributed by atoms with Crippen molar-refractivity contribution in [3.63, 3.8) is 0 Å². The van der Waals surface area contributed by atoms with Gasteiger partial charge in [-0.05, 0) is 25.5 Å². The number of hydrogen-bond donors (Lipinski definition) is 0. The largest absolute Gasteiger partial charge is 0.364 e. The standard InChI is InChI=1S/C17H18N2O/c1-12-13(2)19(11-20-3)17-15(12)9-10-18-16(17)14-7-5-4-6-8-14/h4-10H,11H2,1-3H3. The minimum absolute atomic E-state index is 0.543. The molecule has 0 spiro atoms. The van der Waals surface area contributed by atoms with Crippen LogP contribution in [0.5, 0.6) is 0 Å². The molecule has 3 aromatic rings. The molecule has 0 radical (unpaired) electrons. The maximum Gasteiger partial charge on any atom is 0.122 e. The van der Waals surface area contributed by atoms with E-state index in [-0.39, 0.29) is 0 Å². The Morgan fingerprint density at radius 3 is 2.55 bits per heavy atom. The lowest BCUT2D eigenvalue weighted by Crippen LogP contribution is -2.03. The normalized spacial score (nSPS) is 11.2. The molecule has 0 atom stereocenters. The second-order valence-corrected chi connectivity index (χ2v) is 4.98. The van der Waals surface area contributed by atoms with E-state index in [2.05, 4.69) is 41.6 Å². The van der Waals surface area contributed by atoms with Crippen molar-refractivity contribution in [2.24, 2.45) is 0 Å². The van der Waals surface area contributed by atoms with Crippen molar-refractivity contribution >= 4 is 10.9 Å². The zero-order chi connectivity index (χ0) is 14.1. The lowest BCUT2D eigenvalue weighted by Gasteiger charge is -2.10. The van der Waals surface area contributed by atoms with E-state index in [1.807, 2.05) is 24.4 Å². The number of rotatable bonds is 3. The number of pyridine rings is 1. The maximum atomic E-state index is 5.36. The molecule has 0 aliphatic heterocycles. The van der Waals surface area contributed by atoms with Crippen LogP contribution in [0, 0.1) is 13.8 Å². The van der Waals surface area contributed by atoms with Crippen LogP contribution in [0.4, 0.5) is 0 Å². The summed E-state index contributed by atoms with van der Waals surface area (Å²) >= 11 is 0. The molecule has 0 N–H and O–H groups in total. The van der Waals surface area contributed by atoms with Crippen molar-refractivity contribution in [1.29, 1.82) is 0 Å². The van der Waals surface area contributed by atoms with Gasteiger partial charge in [0.05, 0.1) is 11.2 Å². The summed E-state index contributed by atoms with van der Waals surface area (Å²) in [7, 11) is 1.72. The Balaban J connectivity index is 2.36. The van der Waals surface area contributed by atoms with Gasteiger partial charge in [0.1, 0.15) is 6.73 Å². The predicted molar refractivity (Wildman–Crippen MR) is 81.7 cm³/mol. The van der Waals surface area contributed by atoms with Gasteiger partial charge in [-0.25, -0.2) is 0 Å². The Morgan fingerprint density at radius 2 is 1.85 bits per heavy atom. The number of methoxy groups -OCH3 is 1. The molecule has 102 valence electrons. The van der Waals surface area contributed by atoms with Crippen LogP contribution in [-0.2, 0) is 11.5 Å². The van der Waals surface area contributed by atoms with Gasteiger partial charge in [-0.2, -0.15) is 0 Å². The van der Waals surface area contributed by atoms with Crippen molar-refractivity contribution in [1.82, 2.24) is 9.55 Å². The van der Waals surface area contributed by atoms with Gasteiger partial charge in [0.25, 0.3) is 0 Å². The minimum atomic E-state index is 0.543. The Morgan fingerprint density at radius 1 is 1.10 bits per heavy atom. The Bertz CT molecular complexity index is 745. The number of ether oxygens (including phenoxy) is 1. The summed E-state index contributed by atoms with van der Waals surface area (Å²) in [4.78, 5) is 4.60. The number of nitrogens with zero attached hydrogens (tertiary/aromatic N) is 2. The van der Waals surface area contributed by atoms with Crippen LogP contribution < -0.4 is 0 Å². The molecule has 2 heterocycles. The highest BCUT2D eigenvalue weighted by Crippen LogP contribution is 2.32. The molecular weight excluding hydrogens is 248 g/mol. The Labute approximate surface area is 118 Å². The molecule has 3 heteroatoms. The second kappa shape index (κ2) is 5.10. The average molecular weight is 266 g/mol. The van der Waals surface area contributed by atoms with Crippen LogP contribution in [0.2, 0.25) is 0 Å². The molecule has 0 amide bonds. The van der Waals surface area contributed by atoms with Crippen LogP contribution in [-0.4, -0.2) is 16.7 Å². The monoisotopic (exact) mass is 266 g/mol. The number of aryl methyl sites for hydroxylation is 1. The quantitative estimate of drug-likeness (QED) is 0.718. The zero-order valence-corrected chi connectivity index (χ0v) is 12.1. The SMILES string of the molecule is COCn1c(C)c(C)c2ccnc(-c3ccccc3)c21. The molecule has 1 aromatic carbocycles. The lowest BCUT2D eigenvalue weighted by molar-refractivity contribution is 0.133. The molecule has 20 heavy (non-hydrogen) atoms. The molecule has 2 aromatic heterocycles. The molecule has 3 nitrogen and oxygen atoms in total. The van der Waals surface area contributed by atoms with E-state index in [1.165, 1.54) is 16.6 Å². The Kier molecular flexibility index (Phi) is 3.28. The van der Waals surface area contributed by atoms with Crippen LogP contribution in [0.3, 0.4) is 0 Å². The number of benzene rings is 1. The molecule has 0 saturated carbocycles. The fourth-order valence-corrected chi connectivity index (χ4v) is 2.69. The van der Waals surface area contributed by atoms with Crippen molar-refractivity contribution in [3.8, 4) is 11.3 Å². The molecule has 0 saturated heterocycles. The first kappa shape index (κ1) is 12.9. The van der Waals surface area contributed by atoms with Crippen molar-refractivity contribution < 1.29 is 4.74 Å². The molecule has 0 fully saturated rings. The van der Waals surface area contributed by atoms with Gasteiger partial charge < -0.3 is 9.30 Å². The number of fused-ring (bicyclic) bond motifs is 1. The molecule has 0 unspecified atom stereocenters. The van der Waals surface area contributed by atoms with E-state index in [9.17, 15) is 0 Å². The summed E-state index contributed by atoms with van der Waals surface area (Å²) in [5, 5.41) is 1.24. The first-order chi connectivity index (χ1) is 9.74. The summed E-state index contributed by atoms with van der Waals surface area (Å²) in [5.74, 6) is 0. The first-order valence-electron chi connectivity index (χ1n) is 6.72. The topological polar surface area (TPSA) is 27.1 Å². The fraction of sp³-hybridized carbons (Fsp3) is 0.235. The van der Waals surface area contributed by atoms with E-state index >= 15 is 0 Å². The van der Waals surface area contributed by atoms with Crippen LogP contribution in [0.15, 0.2) is 42.6 Å². The summed E-state index contributed by atoms with van der Waals surface area (Å²) in [6.07, 6.45) is 1.88. The third-order valence-electron chi connectivity index (χ3n) is 3.85. The minimum Gasteiger partial charge on any atom is -0.364 e. The second-order valence-electron chi connectivity index (χ2n) is 4.98. The highest BCUT2D eigenvalue weighted by atomic mass is 16.5. The van der Waals surface area contributed by atoms with Crippen LogP contribution >= 0.6 is 0 Å². The predicted octanol–water partition coefficient (Wildman–Crippen LogP) is 3.92. The van der Waals surface area contributed by atoms with E-state index in [0.29, 0.717) is 6.73 Å². The summed E-state index contributed by atoms with van der Waals surface area (Å²) in [6, 6.07) is 12.4. The zero-order valence-electron chi connectivity index (χ0n) is 12.1. The summed E-state index contributed by atoms with van der Waals surface area (Å²) < 4.78 is 7.55. The third-order valence-corrected chi connectivity index (χ3v) is 3.85. The average Bonchev–Trinajstić information content (AvgIpc) is 2.74. The van der Waals surface area contributed by atoms with Gasteiger partial charge in [0.15, 0.2) is 0 Å². The molecule has 3 rings (SSSR count). The highest BCUT2D eigenvalue weighted by molar-refractivity contribution is 5.95. The van der Waals surface area contributed by atoms with Gasteiger partial charge in [-0.15, -0.1) is 0 Å². The Hall–Kier alpha value is -2.13. The van der Waals surface area contributed by atoms with Crippen molar-refractivity contribution in [2.75, 3.05) is 7.11 Å². The van der Waals surface area contributed by atoms with E-state index in [4.69, 9.17) is 4.74 Å². The molecule has 0 aliphatic rings. The van der Waals surface area contributed by atoms with Gasteiger partial charge in [-0.1, -0.05) is 30.3 Å². The highest BCUT2D eigenvalue weighted by Gasteiger charge is 2.15. The van der Waals surface area contributed by atoms with Gasteiger partial charge in [-0.3, -0.25) is 4.98 Å². The number of aromatic nitrogens is 2. The van der Waals surface area contributed by atoms with Crippen molar-refractivity contribution in [2.45, 2.75) is 20.6 Å². The van der Waals surface area contributed by atoms with E-state index in [0.717, 1.165) is 16.8 Å². The van der Waals surface area contributed by atoms with E-state index < -0.39 is 0 Å². The maximum absolute atomic E-state index is 5.36. The first-order valence-corrected chi connectivity index (χ1v) is 6.72. The third kappa shape index (κ3) is 1.91. The van der Waals surface area contributed by atoms with Crippen molar-refractivity contribution in [3.05, 3.63) is 53.9 Å². The van der Waals surface area contributed by atoms with Crippen LogP contribution in [0.25, 0.3) is 22.2 Å². The molecule has 0 aliphatic carbocycles. The summed E-state index contributed by atoms with van der Waals surface area (Å²) in [5.41, 5.74) is 5.81.